The first-order valence-corrected chi connectivity index (χ1v) is 11.2. The first kappa shape index (κ1) is 23.6. The average molecular weight is 484 g/mol. The van der Waals surface area contributed by atoms with E-state index in [0.717, 1.165) is 11.1 Å². The highest BCUT2D eigenvalue weighted by Gasteiger charge is 2.33. The van der Waals surface area contributed by atoms with Crippen molar-refractivity contribution < 1.29 is 28.6 Å². The van der Waals surface area contributed by atoms with Crippen molar-refractivity contribution in [2.24, 2.45) is 0 Å². The van der Waals surface area contributed by atoms with E-state index in [1.54, 1.807) is 35.2 Å². The lowest BCUT2D eigenvalue weighted by Gasteiger charge is -2.38. The van der Waals surface area contributed by atoms with E-state index in [0.29, 0.717) is 35.1 Å². The molecule has 0 spiro atoms. The maximum atomic E-state index is 13.4. The topological polar surface area (TPSA) is 76.1 Å². The Kier molecular flexibility index (Phi) is 7.33. The van der Waals surface area contributed by atoms with Crippen molar-refractivity contribution in [3.05, 3.63) is 94.3 Å². The fourth-order valence-electron chi connectivity index (χ4n) is 4.13. The number of rotatable bonds is 8. The van der Waals surface area contributed by atoms with Gasteiger partial charge in [0.05, 0.1) is 19.1 Å². The molecule has 0 saturated heterocycles. The number of carboxylic acids is 1. The molecule has 8 heteroatoms. The zero-order valence-electron chi connectivity index (χ0n) is 18.2. The molecule has 0 aliphatic carbocycles. The highest BCUT2D eigenvalue weighted by atomic mass is 35.5. The van der Waals surface area contributed by atoms with Crippen molar-refractivity contribution >= 4 is 23.5 Å². The molecule has 1 heterocycles. The summed E-state index contributed by atoms with van der Waals surface area (Å²) in [6.07, 6.45) is 0.760. The summed E-state index contributed by atoms with van der Waals surface area (Å²) in [6.45, 7) is 0.0366. The number of hydrogen-bond acceptors (Lipinski definition) is 4. The fraction of sp³-hybridized carbons (Fsp3) is 0.231. The van der Waals surface area contributed by atoms with E-state index in [1.165, 1.54) is 12.1 Å². The molecule has 0 aromatic heterocycles. The van der Waals surface area contributed by atoms with Gasteiger partial charge >= 0.3 is 5.97 Å². The van der Waals surface area contributed by atoms with Gasteiger partial charge in [-0.25, -0.2) is 9.18 Å². The lowest BCUT2D eigenvalue weighted by molar-refractivity contribution is -0.139. The van der Waals surface area contributed by atoms with Crippen LogP contribution in [0, 0.1) is 5.82 Å². The van der Waals surface area contributed by atoms with Gasteiger partial charge < -0.3 is 19.5 Å². The standard InChI is InChI=1S/C26H23ClFNO5/c27-18-8-9-23(34-16-25(31)32)22(14-18)26-21-7-2-1-4-17(21)10-12-29(26)24(30)11-13-33-20-6-3-5-19(28)15-20/h1-9,14-15,26H,10-13,16H2,(H,31,32). The van der Waals surface area contributed by atoms with Crippen LogP contribution < -0.4 is 9.47 Å². The van der Waals surface area contributed by atoms with E-state index in [4.69, 9.17) is 26.2 Å². The SMILES string of the molecule is O=C(O)COc1ccc(Cl)cc1C1c2ccccc2CCN1C(=O)CCOc1cccc(F)c1. The number of halogens is 2. The van der Waals surface area contributed by atoms with Gasteiger partial charge in [0.1, 0.15) is 17.3 Å². The molecule has 0 saturated carbocycles. The Morgan fingerprint density at radius 3 is 2.65 bits per heavy atom. The van der Waals surface area contributed by atoms with Gasteiger partial charge in [0.15, 0.2) is 6.61 Å². The highest BCUT2D eigenvalue weighted by molar-refractivity contribution is 6.30. The summed E-state index contributed by atoms with van der Waals surface area (Å²) in [5, 5.41) is 9.53. The van der Waals surface area contributed by atoms with Gasteiger partial charge in [-0.2, -0.15) is 0 Å². The summed E-state index contributed by atoms with van der Waals surface area (Å²) in [7, 11) is 0. The zero-order valence-corrected chi connectivity index (χ0v) is 19.0. The monoisotopic (exact) mass is 483 g/mol. The number of carbonyl (C=O) groups is 2. The number of amides is 1. The Bertz CT molecular complexity index is 1200. The van der Waals surface area contributed by atoms with Crippen LogP contribution in [-0.2, 0) is 16.0 Å². The summed E-state index contributed by atoms with van der Waals surface area (Å²) in [5.41, 5.74) is 2.63. The first-order chi connectivity index (χ1) is 16.4. The second kappa shape index (κ2) is 10.6. The Hall–Kier alpha value is -3.58. The minimum atomic E-state index is -1.10. The molecule has 1 aliphatic rings. The Labute approximate surface area is 201 Å². The van der Waals surface area contributed by atoms with Crippen molar-refractivity contribution in [3.63, 3.8) is 0 Å². The number of nitrogens with zero attached hydrogens (tertiary/aromatic N) is 1. The van der Waals surface area contributed by atoms with E-state index in [2.05, 4.69) is 0 Å². The second-order valence-corrected chi connectivity index (χ2v) is 8.30. The summed E-state index contributed by atoms with van der Waals surface area (Å²) in [5.74, 6) is -0.964. The molecule has 4 rings (SSSR count). The Morgan fingerprint density at radius 1 is 1.03 bits per heavy atom. The van der Waals surface area contributed by atoms with Gasteiger partial charge in [0.25, 0.3) is 0 Å². The molecule has 1 unspecified atom stereocenters. The number of aliphatic carboxylic acids is 1. The maximum absolute atomic E-state index is 13.4. The number of fused-ring (bicyclic) bond motifs is 1. The molecule has 0 bridgehead atoms. The van der Waals surface area contributed by atoms with Crippen LogP contribution in [0.4, 0.5) is 4.39 Å². The molecule has 176 valence electrons. The molecule has 3 aromatic carbocycles. The van der Waals surface area contributed by atoms with Gasteiger partial charge in [-0.3, -0.25) is 4.79 Å². The molecule has 1 N–H and O–H groups in total. The normalized spacial score (nSPS) is 14.9. The highest BCUT2D eigenvalue weighted by Crippen LogP contribution is 2.40. The third-order valence-electron chi connectivity index (χ3n) is 5.60. The van der Waals surface area contributed by atoms with Gasteiger partial charge in [0, 0.05) is 23.2 Å². The summed E-state index contributed by atoms with van der Waals surface area (Å²) in [6, 6.07) is 18.0. The molecule has 1 aliphatic heterocycles. The number of hydrogen-bond donors (Lipinski definition) is 1. The van der Waals surface area contributed by atoms with Crippen molar-refractivity contribution in [1.29, 1.82) is 0 Å². The molecule has 0 radical (unpaired) electrons. The predicted molar refractivity (Wildman–Crippen MR) is 125 cm³/mol. The lowest BCUT2D eigenvalue weighted by Crippen LogP contribution is -2.41. The average Bonchev–Trinajstić information content (AvgIpc) is 2.82. The number of benzene rings is 3. The Balaban J connectivity index is 1.62. The summed E-state index contributed by atoms with van der Waals surface area (Å²) < 4.78 is 24.5. The summed E-state index contributed by atoms with van der Waals surface area (Å²) in [4.78, 5) is 26.1. The third kappa shape index (κ3) is 5.48. The van der Waals surface area contributed by atoms with E-state index < -0.39 is 24.4 Å². The van der Waals surface area contributed by atoms with Gasteiger partial charge in [-0.15, -0.1) is 0 Å². The number of carbonyl (C=O) groups excluding carboxylic acids is 1. The van der Waals surface area contributed by atoms with Crippen LogP contribution in [0.15, 0.2) is 66.7 Å². The van der Waals surface area contributed by atoms with Crippen molar-refractivity contribution in [3.8, 4) is 11.5 Å². The number of carboxylic acid groups (broad SMARTS) is 1. The molecule has 6 nitrogen and oxygen atoms in total. The van der Waals surface area contributed by atoms with Crippen LogP contribution in [0.25, 0.3) is 0 Å². The summed E-state index contributed by atoms with van der Waals surface area (Å²) >= 11 is 6.29. The molecule has 3 aromatic rings. The Morgan fingerprint density at radius 2 is 1.85 bits per heavy atom. The quantitative estimate of drug-likeness (QED) is 0.494. The fourth-order valence-corrected chi connectivity index (χ4v) is 4.31. The van der Waals surface area contributed by atoms with Gasteiger partial charge in [-0.05, 0) is 47.9 Å². The largest absolute Gasteiger partial charge is 0.493 e. The van der Waals surface area contributed by atoms with Gasteiger partial charge in [0.2, 0.25) is 5.91 Å². The van der Waals surface area contributed by atoms with E-state index >= 15 is 0 Å². The van der Waals surface area contributed by atoms with Crippen LogP contribution in [0.2, 0.25) is 5.02 Å². The van der Waals surface area contributed by atoms with Crippen LogP contribution in [0.5, 0.6) is 11.5 Å². The maximum Gasteiger partial charge on any atom is 0.341 e. The molecule has 1 amide bonds. The second-order valence-electron chi connectivity index (χ2n) is 7.86. The van der Waals surface area contributed by atoms with Crippen molar-refractivity contribution in [1.82, 2.24) is 4.90 Å². The van der Waals surface area contributed by atoms with E-state index in [1.807, 2.05) is 24.3 Å². The van der Waals surface area contributed by atoms with Gasteiger partial charge in [-0.1, -0.05) is 41.9 Å². The van der Waals surface area contributed by atoms with E-state index in [-0.39, 0.29) is 18.9 Å². The third-order valence-corrected chi connectivity index (χ3v) is 5.84. The predicted octanol–water partition coefficient (Wildman–Crippen LogP) is 4.89. The molecular formula is C26H23ClFNO5. The smallest absolute Gasteiger partial charge is 0.341 e. The molecular weight excluding hydrogens is 461 g/mol. The molecule has 34 heavy (non-hydrogen) atoms. The number of ether oxygens (including phenoxy) is 2. The van der Waals surface area contributed by atoms with E-state index in [9.17, 15) is 14.0 Å². The van der Waals surface area contributed by atoms with Crippen LogP contribution in [-0.4, -0.2) is 41.6 Å². The minimum absolute atomic E-state index is 0.0844. The minimum Gasteiger partial charge on any atom is -0.493 e. The van der Waals surface area contributed by atoms with Crippen LogP contribution >= 0.6 is 11.6 Å². The van der Waals surface area contributed by atoms with Crippen molar-refractivity contribution in [2.45, 2.75) is 18.9 Å². The van der Waals surface area contributed by atoms with Crippen LogP contribution in [0.3, 0.4) is 0 Å². The lowest BCUT2D eigenvalue weighted by atomic mass is 9.87. The zero-order chi connectivity index (χ0) is 24.1. The van der Waals surface area contributed by atoms with Crippen LogP contribution in [0.1, 0.15) is 29.2 Å². The first-order valence-electron chi connectivity index (χ1n) is 10.8. The molecule has 0 fully saturated rings. The van der Waals surface area contributed by atoms with Crippen molar-refractivity contribution in [2.75, 3.05) is 19.8 Å². The molecule has 1 atom stereocenters.